The molecule has 0 aliphatic rings. The molecular formula is C11H14N6O2. The first kappa shape index (κ1) is 12.9. The van der Waals surface area contributed by atoms with Crippen LogP contribution in [0, 0.1) is 10.1 Å². The summed E-state index contributed by atoms with van der Waals surface area (Å²) in [7, 11) is 0. The van der Waals surface area contributed by atoms with Crippen LogP contribution in [0.15, 0.2) is 18.6 Å². The molecule has 8 nitrogen and oxygen atoms in total. The van der Waals surface area contributed by atoms with E-state index in [4.69, 9.17) is 5.73 Å². The zero-order valence-corrected chi connectivity index (χ0v) is 10.9. The number of hydrogen-bond donors (Lipinski definition) is 1. The summed E-state index contributed by atoms with van der Waals surface area (Å²) < 4.78 is 1.24. The van der Waals surface area contributed by atoms with Gasteiger partial charge >= 0.3 is 5.69 Å². The number of nitrogen functional groups attached to an aromatic ring is 1. The quantitative estimate of drug-likeness (QED) is 0.647. The standard InChI is InChI=1S/C11H14N6O2/c1-11(2,3)9-8(17(18)19)10(12)16(15-9)7-6-13-4-5-14-7/h4-6H,12H2,1-3H3. The topological polar surface area (TPSA) is 113 Å². The Morgan fingerprint density at radius 2 is 2.05 bits per heavy atom. The lowest BCUT2D eigenvalue weighted by molar-refractivity contribution is -0.385. The number of nitro groups is 1. The van der Waals surface area contributed by atoms with Crippen LogP contribution in [0.25, 0.3) is 5.82 Å². The molecule has 0 amide bonds. The first-order valence-electron chi connectivity index (χ1n) is 5.62. The van der Waals surface area contributed by atoms with Crippen molar-refractivity contribution in [1.29, 1.82) is 0 Å². The average molecular weight is 262 g/mol. The van der Waals surface area contributed by atoms with Gasteiger partial charge in [-0.3, -0.25) is 15.1 Å². The molecule has 0 bridgehead atoms. The fraction of sp³-hybridized carbons (Fsp3) is 0.364. The summed E-state index contributed by atoms with van der Waals surface area (Å²) in [6.07, 6.45) is 4.42. The van der Waals surface area contributed by atoms with Gasteiger partial charge in [-0.15, -0.1) is 0 Å². The van der Waals surface area contributed by atoms with Crippen molar-refractivity contribution in [3.63, 3.8) is 0 Å². The molecule has 0 spiro atoms. The molecule has 2 heterocycles. The van der Waals surface area contributed by atoms with Gasteiger partial charge in [0.25, 0.3) is 0 Å². The van der Waals surface area contributed by atoms with Gasteiger partial charge in [0.15, 0.2) is 5.82 Å². The molecule has 0 saturated heterocycles. The molecule has 2 aromatic rings. The summed E-state index contributed by atoms with van der Waals surface area (Å²) >= 11 is 0. The molecule has 0 atom stereocenters. The maximum Gasteiger partial charge on any atom is 0.334 e. The molecule has 8 heteroatoms. The van der Waals surface area contributed by atoms with Crippen molar-refractivity contribution >= 4 is 11.5 Å². The Kier molecular flexibility index (Phi) is 2.93. The maximum atomic E-state index is 11.2. The summed E-state index contributed by atoms with van der Waals surface area (Å²) in [5, 5.41) is 15.4. The van der Waals surface area contributed by atoms with Gasteiger partial charge in [-0.25, -0.2) is 4.98 Å². The van der Waals surface area contributed by atoms with Crippen LogP contribution in [-0.2, 0) is 5.41 Å². The summed E-state index contributed by atoms with van der Waals surface area (Å²) in [4.78, 5) is 18.6. The Balaban J connectivity index is 2.70. The SMILES string of the molecule is CC(C)(C)c1nn(-c2cnccn2)c(N)c1[N+](=O)[O-]. The molecule has 0 aromatic carbocycles. The Morgan fingerprint density at radius 1 is 1.37 bits per heavy atom. The number of aromatic nitrogens is 4. The Hall–Kier alpha value is -2.51. The predicted molar refractivity (Wildman–Crippen MR) is 68.9 cm³/mol. The molecule has 2 aromatic heterocycles. The van der Waals surface area contributed by atoms with Crippen LogP contribution in [0.5, 0.6) is 0 Å². The van der Waals surface area contributed by atoms with Crippen LogP contribution in [0.3, 0.4) is 0 Å². The molecule has 100 valence electrons. The van der Waals surface area contributed by atoms with E-state index >= 15 is 0 Å². The van der Waals surface area contributed by atoms with Crippen LogP contribution in [0.4, 0.5) is 11.5 Å². The summed E-state index contributed by atoms with van der Waals surface area (Å²) in [5.74, 6) is 0.300. The number of nitrogens with two attached hydrogens (primary N) is 1. The largest absolute Gasteiger partial charge is 0.378 e. The fourth-order valence-electron chi connectivity index (χ4n) is 1.68. The van der Waals surface area contributed by atoms with Gasteiger partial charge < -0.3 is 5.73 Å². The molecule has 0 radical (unpaired) electrons. The molecule has 19 heavy (non-hydrogen) atoms. The summed E-state index contributed by atoms with van der Waals surface area (Å²) in [6.45, 7) is 5.51. The highest BCUT2D eigenvalue weighted by atomic mass is 16.6. The van der Waals surface area contributed by atoms with Gasteiger partial charge in [0.05, 0.1) is 11.1 Å². The third-order valence-electron chi connectivity index (χ3n) is 2.55. The van der Waals surface area contributed by atoms with Crippen molar-refractivity contribution in [2.45, 2.75) is 26.2 Å². The smallest absolute Gasteiger partial charge is 0.334 e. The molecule has 0 unspecified atom stereocenters. The van der Waals surface area contributed by atoms with Crippen molar-refractivity contribution in [3.8, 4) is 5.82 Å². The van der Waals surface area contributed by atoms with E-state index in [0.717, 1.165) is 0 Å². The second-order valence-corrected chi connectivity index (χ2v) is 5.06. The van der Waals surface area contributed by atoms with Crippen molar-refractivity contribution < 1.29 is 4.92 Å². The first-order valence-corrected chi connectivity index (χ1v) is 5.62. The zero-order valence-electron chi connectivity index (χ0n) is 10.9. The van der Waals surface area contributed by atoms with Crippen LogP contribution in [0.2, 0.25) is 0 Å². The lowest BCUT2D eigenvalue weighted by Crippen LogP contribution is -2.14. The van der Waals surface area contributed by atoms with Gasteiger partial charge in [-0.2, -0.15) is 9.78 Å². The molecule has 0 aliphatic heterocycles. The van der Waals surface area contributed by atoms with E-state index in [1.54, 1.807) is 0 Å². The normalized spacial score (nSPS) is 11.5. The zero-order chi connectivity index (χ0) is 14.2. The maximum absolute atomic E-state index is 11.2. The van der Waals surface area contributed by atoms with Gasteiger partial charge in [0.1, 0.15) is 5.69 Å². The number of hydrogen-bond acceptors (Lipinski definition) is 6. The molecule has 2 rings (SSSR count). The van der Waals surface area contributed by atoms with E-state index in [0.29, 0.717) is 11.5 Å². The minimum absolute atomic E-state index is 0.0459. The van der Waals surface area contributed by atoms with Crippen molar-refractivity contribution in [2.24, 2.45) is 0 Å². The van der Waals surface area contributed by atoms with Crippen LogP contribution >= 0.6 is 0 Å². The highest BCUT2D eigenvalue weighted by molar-refractivity contribution is 5.60. The molecule has 0 aliphatic carbocycles. The summed E-state index contributed by atoms with van der Waals surface area (Å²) in [6, 6.07) is 0. The van der Waals surface area contributed by atoms with E-state index in [1.807, 2.05) is 20.8 Å². The minimum atomic E-state index is -0.518. The van der Waals surface area contributed by atoms with Gasteiger partial charge in [-0.05, 0) is 0 Å². The van der Waals surface area contributed by atoms with E-state index < -0.39 is 10.3 Å². The van der Waals surface area contributed by atoms with Crippen LogP contribution < -0.4 is 5.73 Å². The van der Waals surface area contributed by atoms with E-state index in [1.165, 1.54) is 23.3 Å². The highest BCUT2D eigenvalue weighted by Crippen LogP contribution is 2.35. The van der Waals surface area contributed by atoms with Crippen LogP contribution in [0.1, 0.15) is 26.5 Å². The Morgan fingerprint density at radius 3 is 2.47 bits per heavy atom. The van der Waals surface area contributed by atoms with Gasteiger partial charge in [0.2, 0.25) is 5.82 Å². The van der Waals surface area contributed by atoms with Crippen molar-refractivity contribution in [3.05, 3.63) is 34.4 Å². The molecular weight excluding hydrogens is 248 g/mol. The molecule has 2 N–H and O–H groups in total. The molecule has 0 saturated carbocycles. The number of nitrogens with zero attached hydrogens (tertiary/aromatic N) is 5. The second-order valence-electron chi connectivity index (χ2n) is 5.06. The monoisotopic (exact) mass is 262 g/mol. The van der Waals surface area contributed by atoms with Crippen molar-refractivity contribution in [1.82, 2.24) is 19.7 Å². The Labute approximate surface area is 109 Å². The van der Waals surface area contributed by atoms with Crippen LogP contribution in [-0.4, -0.2) is 24.7 Å². The van der Waals surface area contributed by atoms with E-state index in [2.05, 4.69) is 15.1 Å². The predicted octanol–water partition coefficient (Wildman–Crippen LogP) is 1.45. The van der Waals surface area contributed by atoms with Gasteiger partial charge in [0, 0.05) is 17.8 Å². The lowest BCUT2D eigenvalue weighted by Gasteiger charge is -2.13. The molecule has 0 fully saturated rings. The highest BCUT2D eigenvalue weighted by Gasteiger charge is 2.34. The average Bonchev–Trinajstić information content (AvgIpc) is 2.68. The fourth-order valence-corrected chi connectivity index (χ4v) is 1.68. The third-order valence-corrected chi connectivity index (χ3v) is 2.55. The minimum Gasteiger partial charge on any atom is -0.378 e. The number of anilines is 1. The Bertz CT molecular complexity index is 614. The van der Waals surface area contributed by atoms with Gasteiger partial charge in [-0.1, -0.05) is 20.8 Å². The third kappa shape index (κ3) is 2.24. The first-order chi connectivity index (χ1) is 8.82. The summed E-state index contributed by atoms with van der Waals surface area (Å²) in [5.41, 5.74) is 5.47. The van der Waals surface area contributed by atoms with E-state index in [9.17, 15) is 10.1 Å². The lowest BCUT2D eigenvalue weighted by atomic mass is 9.91. The van der Waals surface area contributed by atoms with E-state index in [-0.39, 0.29) is 11.5 Å². The second kappa shape index (κ2) is 4.30. The van der Waals surface area contributed by atoms with Crippen molar-refractivity contribution in [2.75, 3.05) is 5.73 Å². The number of rotatable bonds is 2.